The Kier molecular flexibility index (Phi) is 6.27. The topological polar surface area (TPSA) is 44.8 Å². The molecule has 0 atom stereocenters. The predicted molar refractivity (Wildman–Crippen MR) is 94.6 cm³/mol. The first-order valence-electron chi connectivity index (χ1n) is 7.35. The number of benzene rings is 2. The van der Waals surface area contributed by atoms with E-state index in [2.05, 4.69) is 0 Å². The fraction of sp³-hybridized carbons (Fsp3) is 0.211. The monoisotopic (exact) mass is 346 g/mol. The number of hydrogen-bond acceptors (Lipinski definition) is 4. The summed E-state index contributed by atoms with van der Waals surface area (Å²) in [5.41, 5.74) is 2.65. The summed E-state index contributed by atoms with van der Waals surface area (Å²) in [5, 5.41) is 0.617. The minimum atomic E-state index is -0.427. The van der Waals surface area contributed by atoms with Crippen molar-refractivity contribution in [3.63, 3.8) is 0 Å². The standard InChI is InChI=1S/C19H19ClO4/c1-13-9-17(22-2)18(23-3)11-15(13)12-24-19(21)8-7-14-5-4-6-16(20)10-14/h4-11H,12H2,1-3H3/b8-7+. The molecule has 0 aromatic heterocycles. The maximum atomic E-state index is 11.9. The molecule has 2 aromatic carbocycles. The molecule has 2 aromatic rings. The normalized spacial score (nSPS) is 10.7. The van der Waals surface area contributed by atoms with Crippen LogP contribution in [-0.2, 0) is 16.1 Å². The highest BCUT2D eigenvalue weighted by Crippen LogP contribution is 2.30. The maximum absolute atomic E-state index is 11.9. The van der Waals surface area contributed by atoms with Crippen LogP contribution in [0, 0.1) is 6.92 Å². The molecule has 0 heterocycles. The Morgan fingerprint density at radius 2 is 1.83 bits per heavy atom. The van der Waals surface area contributed by atoms with Crippen LogP contribution < -0.4 is 9.47 Å². The molecule has 0 unspecified atom stereocenters. The van der Waals surface area contributed by atoms with Gasteiger partial charge in [-0.25, -0.2) is 4.79 Å². The lowest BCUT2D eigenvalue weighted by molar-refractivity contribution is -0.138. The minimum Gasteiger partial charge on any atom is -0.493 e. The molecule has 126 valence electrons. The highest BCUT2D eigenvalue weighted by molar-refractivity contribution is 6.30. The lowest BCUT2D eigenvalue weighted by Crippen LogP contribution is -2.03. The van der Waals surface area contributed by atoms with Crippen LogP contribution in [0.2, 0.25) is 5.02 Å². The van der Waals surface area contributed by atoms with Gasteiger partial charge in [-0.2, -0.15) is 0 Å². The summed E-state index contributed by atoms with van der Waals surface area (Å²) in [6.07, 6.45) is 3.04. The number of hydrogen-bond donors (Lipinski definition) is 0. The van der Waals surface area contributed by atoms with Gasteiger partial charge in [-0.15, -0.1) is 0 Å². The lowest BCUT2D eigenvalue weighted by Gasteiger charge is -2.12. The smallest absolute Gasteiger partial charge is 0.331 e. The van der Waals surface area contributed by atoms with E-state index in [1.54, 1.807) is 32.4 Å². The number of carbonyl (C=O) groups excluding carboxylic acids is 1. The fourth-order valence-electron chi connectivity index (χ4n) is 2.15. The molecule has 0 aliphatic rings. The molecule has 5 heteroatoms. The summed E-state index contributed by atoms with van der Waals surface area (Å²) in [5.74, 6) is 0.818. The molecule has 0 amide bonds. The Morgan fingerprint density at radius 3 is 2.50 bits per heavy atom. The Hall–Kier alpha value is -2.46. The molecule has 0 aliphatic carbocycles. The number of aryl methyl sites for hydroxylation is 1. The number of ether oxygens (including phenoxy) is 3. The van der Waals surface area contributed by atoms with Gasteiger partial charge in [-0.05, 0) is 54.0 Å². The first kappa shape index (κ1) is 17.9. The summed E-state index contributed by atoms with van der Waals surface area (Å²) in [6.45, 7) is 2.08. The van der Waals surface area contributed by atoms with Crippen molar-refractivity contribution in [2.45, 2.75) is 13.5 Å². The highest BCUT2D eigenvalue weighted by atomic mass is 35.5. The molecule has 0 bridgehead atoms. The first-order valence-corrected chi connectivity index (χ1v) is 7.73. The van der Waals surface area contributed by atoms with Crippen LogP contribution >= 0.6 is 11.6 Å². The van der Waals surface area contributed by atoms with E-state index in [0.717, 1.165) is 16.7 Å². The molecule has 0 spiro atoms. The molecule has 0 radical (unpaired) electrons. The molecule has 2 rings (SSSR count). The van der Waals surface area contributed by atoms with Gasteiger partial charge < -0.3 is 14.2 Å². The van der Waals surface area contributed by atoms with Crippen molar-refractivity contribution in [2.75, 3.05) is 14.2 Å². The fourth-order valence-corrected chi connectivity index (χ4v) is 2.35. The molecule has 0 saturated carbocycles. The molecule has 0 N–H and O–H groups in total. The highest BCUT2D eigenvalue weighted by Gasteiger charge is 2.09. The summed E-state index contributed by atoms with van der Waals surface area (Å²) in [6, 6.07) is 10.9. The predicted octanol–water partition coefficient (Wildman–Crippen LogP) is 4.42. The van der Waals surface area contributed by atoms with Gasteiger partial charge in [0.2, 0.25) is 0 Å². The van der Waals surface area contributed by atoms with Crippen LogP contribution in [-0.4, -0.2) is 20.2 Å². The molecule has 4 nitrogen and oxygen atoms in total. The van der Waals surface area contributed by atoms with Crippen molar-refractivity contribution in [1.82, 2.24) is 0 Å². The Bertz CT molecular complexity index is 753. The van der Waals surface area contributed by atoms with E-state index in [-0.39, 0.29) is 6.61 Å². The minimum absolute atomic E-state index is 0.158. The zero-order chi connectivity index (χ0) is 17.5. The van der Waals surface area contributed by atoms with E-state index in [0.29, 0.717) is 16.5 Å². The average Bonchev–Trinajstić information content (AvgIpc) is 2.58. The third-order valence-corrected chi connectivity index (χ3v) is 3.71. The van der Waals surface area contributed by atoms with Crippen LogP contribution in [0.25, 0.3) is 6.08 Å². The third kappa shape index (κ3) is 4.77. The average molecular weight is 347 g/mol. The van der Waals surface area contributed by atoms with Gasteiger partial charge in [0.25, 0.3) is 0 Å². The van der Waals surface area contributed by atoms with Gasteiger partial charge in [0.1, 0.15) is 6.61 Å². The van der Waals surface area contributed by atoms with Gasteiger partial charge >= 0.3 is 5.97 Å². The number of rotatable bonds is 6. The Balaban J connectivity index is 2.01. The third-order valence-electron chi connectivity index (χ3n) is 3.47. The number of halogens is 1. The molecule has 0 fully saturated rings. The summed E-state index contributed by atoms with van der Waals surface area (Å²) in [4.78, 5) is 11.9. The van der Waals surface area contributed by atoms with Gasteiger partial charge in [0.15, 0.2) is 11.5 Å². The Labute approximate surface area is 146 Å². The van der Waals surface area contributed by atoms with E-state index < -0.39 is 5.97 Å². The van der Waals surface area contributed by atoms with Gasteiger partial charge in [-0.3, -0.25) is 0 Å². The molecular formula is C19H19ClO4. The van der Waals surface area contributed by atoms with Crippen molar-refractivity contribution in [3.8, 4) is 11.5 Å². The van der Waals surface area contributed by atoms with Crippen LogP contribution in [0.3, 0.4) is 0 Å². The van der Waals surface area contributed by atoms with Crippen LogP contribution in [0.1, 0.15) is 16.7 Å². The zero-order valence-electron chi connectivity index (χ0n) is 13.8. The van der Waals surface area contributed by atoms with Gasteiger partial charge in [0, 0.05) is 11.1 Å². The van der Waals surface area contributed by atoms with Crippen molar-refractivity contribution in [2.24, 2.45) is 0 Å². The maximum Gasteiger partial charge on any atom is 0.331 e. The second kappa shape index (κ2) is 8.41. The zero-order valence-corrected chi connectivity index (χ0v) is 14.6. The van der Waals surface area contributed by atoms with Gasteiger partial charge in [0.05, 0.1) is 14.2 Å². The largest absolute Gasteiger partial charge is 0.493 e. The number of methoxy groups -OCH3 is 2. The second-order valence-electron chi connectivity index (χ2n) is 5.13. The molecular weight excluding hydrogens is 328 g/mol. The quantitative estimate of drug-likeness (QED) is 0.573. The van der Waals surface area contributed by atoms with Crippen molar-refractivity contribution < 1.29 is 19.0 Å². The summed E-state index contributed by atoms with van der Waals surface area (Å²) < 4.78 is 15.8. The molecule has 24 heavy (non-hydrogen) atoms. The number of carbonyl (C=O) groups is 1. The lowest BCUT2D eigenvalue weighted by atomic mass is 10.1. The van der Waals surface area contributed by atoms with E-state index in [4.69, 9.17) is 25.8 Å². The van der Waals surface area contributed by atoms with Gasteiger partial charge in [-0.1, -0.05) is 23.7 Å². The number of esters is 1. The summed E-state index contributed by atoms with van der Waals surface area (Å²) in [7, 11) is 3.15. The molecule has 0 saturated heterocycles. The van der Waals surface area contributed by atoms with Crippen LogP contribution in [0.15, 0.2) is 42.5 Å². The first-order chi connectivity index (χ1) is 11.5. The summed E-state index contributed by atoms with van der Waals surface area (Å²) >= 11 is 5.90. The van der Waals surface area contributed by atoms with E-state index >= 15 is 0 Å². The van der Waals surface area contributed by atoms with Crippen molar-refractivity contribution in [1.29, 1.82) is 0 Å². The van der Waals surface area contributed by atoms with Crippen molar-refractivity contribution in [3.05, 3.63) is 64.2 Å². The van der Waals surface area contributed by atoms with E-state index in [1.165, 1.54) is 6.08 Å². The van der Waals surface area contributed by atoms with Crippen molar-refractivity contribution >= 4 is 23.6 Å². The van der Waals surface area contributed by atoms with E-state index in [1.807, 2.05) is 31.2 Å². The van der Waals surface area contributed by atoms with E-state index in [9.17, 15) is 4.79 Å². The van der Waals surface area contributed by atoms with Crippen LogP contribution in [0.5, 0.6) is 11.5 Å². The molecule has 0 aliphatic heterocycles. The second-order valence-corrected chi connectivity index (χ2v) is 5.57. The Morgan fingerprint density at radius 1 is 1.12 bits per heavy atom. The SMILES string of the molecule is COc1cc(C)c(COC(=O)/C=C/c2cccc(Cl)c2)cc1OC. The van der Waals surface area contributed by atoms with Crippen LogP contribution in [0.4, 0.5) is 0 Å².